The number of esters is 1. The molecule has 0 fully saturated rings. The number of fused-ring (bicyclic) bond motifs is 1. The number of aliphatic hydroxyl groups is 1. The third-order valence-corrected chi connectivity index (χ3v) is 6.08. The number of ether oxygens (including phenoxy) is 2. The van der Waals surface area contributed by atoms with Gasteiger partial charge in [0.05, 0.1) is 28.5 Å². The van der Waals surface area contributed by atoms with Gasteiger partial charge in [0.1, 0.15) is 12.4 Å². The van der Waals surface area contributed by atoms with Crippen molar-refractivity contribution in [2.75, 3.05) is 19.0 Å². The average molecular weight is 418 g/mol. The van der Waals surface area contributed by atoms with Gasteiger partial charge in [0.25, 0.3) is 0 Å². The van der Waals surface area contributed by atoms with E-state index in [4.69, 9.17) is 9.47 Å². The molecule has 0 aliphatic carbocycles. The van der Waals surface area contributed by atoms with E-state index in [-0.39, 0.29) is 12.6 Å². The second-order valence-electron chi connectivity index (χ2n) is 6.74. The quantitative estimate of drug-likeness (QED) is 0.404. The molecule has 28 heavy (non-hydrogen) atoms. The predicted molar refractivity (Wildman–Crippen MR) is 113 cm³/mol. The first-order valence-electron chi connectivity index (χ1n) is 9.07. The van der Waals surface area contributed by atoms with Gasteiger partial charge in [-0.3, -0.25) is 0 Å². The lowest BCUT2D eigenvalue weighted by atomic mass is 10.2. The summed E-state index contributed by atoms with van der Waals surface area (Å²) in [7, 11) is 0. The predicted octanol–water partition coefficient (Wildman–Crippen LogP) is 4.64. The van der Waals surface area contributed by atoms with Gasteiger partial charge < -0.3 is 14.6 Å². The molecule has 1 unspecified atom stereocenters. The summed E-state index contributed by atoms with van der Waals surface area (Å²) in [6.07, 6.45) is -0.618. The summed E-state index contributed by atoms with van der Waals surface area (Å²) < 4.78 is 12.9. The first-order valence-corrected chi connectivity index (χ1v) is 10.9. The number of hydrogen-bond donors (Lipinski definition) is 1. The van der Waals surface area contributed by atoms with E-state index in [1.165, 1.54) is 11.8 Å². The van der Waals surface area contributed by atoms with E-state index in [1.807, 2.05) is 38.1 Å². The molecule has 0 radical (unpaired) electrons. The number of carbonyl (C=O) groups excluding carboxylic acids is 1. The zero-order chi connectivity index (χ0) is 19.9. The number of carbonyl (C=O) groups is 1. The topological polar surface area (TPSA) is 68.7 Å². The summed E-state index contributed by atoms with van der Waals surface area (Å²) >= 11 is 3.14. The van der Waals surface area contributed by atoms with Crippen molar-refractivity contribution in [2.24, 2.45) is 5.92 Å². The molecule has 148 valence electrons. The van der Waals surface area contributed by atoms with Gasteiger partial charge in [-0.25, -0.2) is 9.78 Å². The van der Waals surface area contributed by atoms with Gasteiger partial charge in [0.15, 0.2) is 4.34 Å². The third kappa shape index (κ3) is 5.95. The molecule has 0 saturated heterocycles. The highest BCUT2D eigenvalue weighted by Crippen LogP contribution is 2.29. The summed E-state index contributed by atoms with van der Waals surface area (Å²) in [6, 6.07) is 14.7. The maximum Gasteiger partial charge on any atom is 0.338 e. The smallest absolute Gasteiger partial charge is 0.338 e. The third-order valence-electron chi connectivity index (χ3n) is 3.75. The fourth-order valence-electron chi connectivity index (χ4n) is 2.33. The van der Waals surface area contributed by atoms with Gasteiger partial charge in [-0.1, -0.05) is 37.7 Å². The summed E-state index contributed by atoms with van der Waals surface area (Å²) in [6.45, 7) is 4.56. The number of aliphatic hydroxyl groups excluding tert-OH is 1. The van der Waals surface area contributed by atoms with Crippen LogP contribution in [0.3, 0.4) is 0 Å². The van der Waals surface area contributed by atoms with Gasteiger partial charge >= 0.3 is 5.97 Å². The number of nitrogens with zero attached hydrogens (tertiary/aromatic N) is 1. The van der Waals surface area contributed by atoms with Crippen LogP contribution in [0.5, 0.6) is 5.75 Å². The molecule has 3 aromatic rings. The molecule has 1 aromatic heterocycles. The van der Waals surface area contributed by atoms with Gasteiger partial charge in [0, 0.05) is 5.75 Å². The number of benzene rings is 2. The zero-order valence-corrected chi connectivity index (χ0v) is 17.5. The molecule has 5 nitrogen and oxygen atoms in total. The Bertz CT molecular complexity index is 875. The molecular weight excluding hydrogens is 394 g/mol. The number of para-hydroxylation sites is 1. The standard InChI is InChI=1S/C21H23NO4S2/c1-14(2)11-26-20(24)15-7-9-17(10-8-15)25-12-16(23)13-27-21-22-18-5-3-4-6-19(18)28-21/h3-10,14,16,23H,11-13H2,1-2H3. The van der Waals surface area contributed by atoms with Crippen molar-refractivity contribution in [3.8, 4) is 5.75 Å². The summed E-state index contributed by atoms with van der Waals surface area (Å²) in [5, 5.41) is 10.2. The van der Waals surface area contributed by atoms with Gasteiger partial charge in [-0.15, -0.1) is 11.3 Å². The van der Waals surface area contributed by atoms with Crippen molar-refractivity contribution in [2.45, 2.75) is 24.3 Å². The summed E-state index contributed by atoms with van der Waals surface area (Å²) in [5.74, 6) is 1.06. The van der Waals surface area contributed by atoms with E-state index in [0.29, 0.717) is 29.6 Å². The van der Waals surface area contributed by atoms with Crippen molar-refractivity contribution >= 4 is 39.3 Å². The van der Waals surface area contributed by atoms with Crippen LogP contribution in [-0.4, -0.2) is 41.1 Å². The van der Waals surface area contributed by atoms with Crippen LogP contribution >= 0.6 is 23.1 Å². The minimum atomic E-state index is -0.618. The molecule has 0 spiro atoms. The monoisotopic (exact) mass is 417 g/mol. The lowest BCUT2D eigenvalue weighted by molar-refractivity contribution is 0.0459. The molecule has 0 aliphatic heterocycles. The minimum Gasteiger partial charge on any atom is -0.491 e. The van der Waals surface area contributed by atoms with Crippen LogP contribution in [0.15, 0.2) is 52.9 Å². The molecule has 0 saturated carbocycles. The molecule has 1 N–H and O–H groups in total. The second-order valence-corrected chi connectivity index (χ2v) is 9.04. The minimum absolute atomic E-state index is 0.176. The summed E-state index contributed by atoms with van der Waals surface area (Å²) in [4.78, 5) is 16.4. The van der Waals surface area contributed by atoms with Crippen molar-refractivity contribution in [3.05, 3.63) is 54.1 Å². The van der Waals surface area contributed by atoms with E-state index in [0.717, 1.165) is 14.6 Å². The van der Waals surface area contributed by atoms with Crippen LogP contribution in [0.1, 0.15) is 24.2 Å². The Morgan fingerprint density at radius 3 is 2.61 bits per heavy atom. The van der Waals surface area contributed by atoms with Crippen LogP contribution in [0.4, 0.5) is 0 Å². The van der Waals surface area contributed by atoms with E-state index in [1.54, 1.807) is 35.6 Å². The fourth-order valence-corrected chi connectivity index (χ4v) is 4.33. The average Bonchev–Trinajstić information content (AvgIpc) is 3.12. The molecule has 1 heterocycles. The van der Waals surface area contributed by atoms with Crippen LogP contribution in [-0.2, 0) is 4.74 Å². The van der Waals surface area contributed by atoms with Gasteiger partial charge in [-0.2, -0.15) is 0 Å². The van der Waals surface area contributed by atoms with Gasteiger partial charge in [-0.05, 0) is 42.3 Å². The van der Waals surface area contributed by atoms with Crippen LogP contribution in [0.25, 0.3) is 10.2 Å². The Hall–Kier alpha value is -2.09. The number of rotatable bonds is 9. The van der Waals surface area contributed by atoms with Crippen LogP contribution < -0.4 is 4.74 Å². The Balaban J connectivity index is 1.43. The normalized spacial score (nSPS) is 12.3. The van der Waals surface area contributed by atoms with Crippen LogP contribution in [0, 0.1) is 5.92 Å². The van der Waals surface area contributed by atoms with Crippen molar-refractivity contribution in [3.63, 3.8) is 0 Å². The maximum atomic E-state index is 11.9. The maximum absolute atomic E-state index is 11.9. The lowest BCUT2D eigenvalue weighted by Crippen LogP contribution is -2.20. The molecule has 7 heteroatoms. The zero-order valence-electron chi connectivity index (χ0n) is 15.8. The second kappa shape index (κ2) is 9.91. The highest BCUT2D eigenvalue weighted by atomic mass is 32.2. The first kappa shape index (κ1) is 20.6. The molecule has 0 bridgehead atoms. The molecule has 0 aliphatic rings. The fraction of sp³-hybridized carbons (Fsp3) is 0.333. The molecule has 1 atom stereocenters. The largest absolute Gasteiger partial charge is 0.491 e. The number of aromatic nitrogens is 1. The lowest BCUT2D eigenvalue weighted by Gasteiger charge is -2.12. The van der Waals surface area contributed by atoms with E-state index in [2.05, 4.69) is 4.98 Å². The van der Waals surface area contributed by atoms with Crippen LogP contribution in [0.2, 0.25) is 0 Å². The highest BCUT2D eigenvalue weighted by Gasteiger charge is 2.11. The Labute approximate surface area is 172 Å². The SMILES string of the molecule is CC(C)COC(=O)c1ccc(OCC(O)CSc2nc3ccccc3s2)cc1. The Kier molecular flexibility index (Phi) is 7.30. The van der Waals surface area contributed by atoms with Gasteiger partial charge in [0.2, 0.25) is 0 Å². The van der Waals surface area contributed by atoms with E-state index in [9.17, 15) is 9.90 Å². The molecular formula is C21H23NO4S2. The van der Waals surface area contributed by atoms with Crippen molar-refractivity contribution in [1.82, 2.24) is 4.98 Å². The molecule has 3 rings (SSSR count). The number of thioether (sulfide) groups is 1. The summed E-state index contributed by atoms with van der Waals surface area (Å²) in [5.41, 5.74) is 1.47. The molecule has 2 aromatic carbocycles. The molecule has 0 amide bonds. The Morgan fingerprint density at radius 1 is 1.14 bits per heavy atom. The first-order chi connectivity index (χ1) is 13.5. The highest BCUT2D eigenvalue weighted by molar-refractivity contribution is 8.01. The van der Waals surface area contributed by atoms with Crippen molar-refractivity contribution < 1.29 is 19.4 Å². The number of thiazole rings is 1. The number of hydrogen-bond acceptors (Lipinski definition) is 7. The van der Waals surface area contributed by atoms with E-state index < -0.39 is 6.10 Å². The van der Waals surface area contributed by atoms with E-state index >= 15 is 0 Å². The Morgan fingerprint density at radius 2 is 1.89 bits per heavy atom. The van der Waals surface area contributed by atoms with Crippen molar-refractivity contribution in [1.29, 1.82) is 0 Å².